The van der Waals surface area contributed by atoms with E-state index in [4.69, 9.17) is 0 Å². The highest BCUT2D eigenvalue weighted by Gasteiger charge is 2.14. The molecule has 1 aromatic rings. The van der Waals surface area contributed by atoms with Crippen LogP contribution in [-0.4, -0.2) is 28.0 Å². The van der Waals surface area contributed by atoms with E-state index >= 15 is 0 Å². The molecule has 0 aliphatic rings. The number of nitrogens with zero attached hydrogens (tertiary/aromatic N) is 2. The van der Waals surface area contributed by atoms with Crippen molar-refractivity contribution in [2.24, 2.45) is 0 Å². The van der Waals surface area contributed by atoms with E-state index in [0.717, 1.165) is 24.2 Å². The number of rotatable bonds is 5. The summed E-state index contributed by atoms with van der Waals surface area (Å²) in [5.74, 6) is 1.43. The molecule has 0 unspecified atom stereocenters. The molecule has 0 bridgehead atoms. The van der Waals surface area contributed by atoms with Gasteiger partial charge in [-0.05, 0) is 34.1 Å². The minimum absolute atomic E-state index is 0.0359. The van der Waals surface area contributed by atoms with Crippen LogP contribution in [0.4, 0.5) is 5.82 Å². The second kappa shape index (κ2) is 6.50. The molecule has 0 aliphatic heterocycles. The number of amides is 1. The van der Waals surface area contributed by atoms with E-state index < -0.39 is 0 Å². The Morgan fingerprint density at radius 2 is 2.05 bits per heavy atom. The van der Waals surface area contributed by atoms with Crippen LogP contribution < -0.4 is 10.6 Å². The molecule has 0 aromatic carbocycles. The van der Waals surface area contributed by atoms with Crippen LogP contribution in [-0.2, 0) is 11.2 Å². The lowest BCUT2D eigenvalue weighted by atomic mass is 10.1. The van der Waals surface area contributed by atoms with Gasteiger partial charge in [0.1, 0.15) is 11.6 Å². The van der Waals surface area contributed by atoms with E-state index in [2.05, 4.69) is 27.5 Å². The van der Waals surface area contributed by atoms with Crippen LogP contribution in [0, 0.1) is 6.92 Å². The van der Waals surface area contributed by atoms with Gasteiger partial charge in [0.2, 0.25) is 5.91 Å². The Kier molecular flexibility index (Phi) is 5.27. The summed E-state index contributed by atoms with van der Waals surface area (Å²) in [6.45, 7) is 10.1. The third-order valence-corrected chi connectivity index (χ3v) is 2.44. The SMILES string of the molecule is CCCc1cnc(C)nc1NCC(=O)NC(C)(C)C. The number of aromatic nitrogens is 2. The highest BCUT2D eigenvalue weighted by atomic mass is 16.2. The van der Waals surface area contributed by atoms with E-state index in [1.807, 2.05) is 33.9 Å². The number of hydrogen-bond donors (Lipinski definition) is 2. The zero-order valence-corrected chi connectivity index (χ0v) is 12.5. The molecular weight excluding hydrogens is 240 g/mol. The molecule has 1 heterocycles. The maximum Gasteiger partial charge on any atom is 0.239 e. The van der Waals surface area contributed by atoms with Crippen molar-refractivity contribution in [3.8, 4) is 0 Å². The Bertz CT molecular complexity index is 438. The molecular formula is C14H24N4O. The van der Waals surface area contributed by atoms with Crippen molar-refractivity contribution in [2.45, 2.75) is 53.0 Å². The van der Waals surface area contributed by atoms with Crippen molar-refractivity contribution >= 4 is 11.7 Å². The number of nitrogens with one attached hydrogen (secondary N) is 2. The lowest BCUT2D eigenvalue weighted by Gasteiger charge is -2.21. The number of aryl methyl sites for hydroxylation is 2. The van der Waals surface area contributed by atoms with Gasteiger partial charge in [0.15, 0.2) is 0 Å². The largest absolute Gasteiger partial charge is 0.361 e. The minimum atomic E-state index is -0.216. The zero-order valence-electron chi connectivity index (χ0n) is 12.5. The molecule has 5 heteroatoms. The average molecular weight is 264 g/mol. The van der Waals surface area contributed by atoms with Crippen LogP contribution in [0.15, 0.2) is 6.20 Å². The van der Waals surface area contributed by atoms with E-state index in [-0.39, 0.29) is 18.0 Å². The van der Waals surface area contributed by atoms with Gasteiger partial charge in [-0.15, -0.1) is 0 Å². The van der Waals surface area contributed by atoms with Crippen LogP contribution in [0.5, 0.6) is 0 Å². The lowest BCUT2D eigenvalue weighted by Crippen LogP contribution is -2.43. The van der Waals surface area contributed by atoms with Gasteiger partial charge < -0.3 is 10.6 Å². The van der Waals surface area contributed by atoms with E-state index in [9.17, 15) is 4.79 Å². The fourth-order valence-electron chi connectivity index (χ4n) is 1.73. The molecule has 0 spiro atoms. The molecule has 0 saturated heterocycles. The van der Waals surface area contributed by atoms with Gasteiger partial charge >= 0.3 is 0 Å². The first-order valence-corrected chi connectivity index (χ1v) is 6.69. The van der Waals surface area contributed by atoms with Crippen molar-refractivity contribution in [3.05, 3.63) is 17.6 Å². The van der Waals surface area contributed by atoms with Gasteiger partial charge in [0.05, 0.1) is 6.54 Å². The van der Waals surface area contributed by atoms with Crippen molar-refractivity contribution in [2.75, 3.05) is 11.9 Å². The van der Waals surface area contributed by atoms with Crippen molar-refractivity contribution in [3.63, 3.8) is 0 Å². The summed E-state index contributed by atoms with van der Waals surface area (Å²) in [5, 5.41) is 6.01. The highest BCUT2D eigenvalue weighted by molar-refractivity contribution is 5.81. The smallest absolute Gasteiger partial charge is 0.239 e. The lowest BCUT2D eigenvalue weighted by molar-refractivity contribution is -0.120. The van der Waals surface area contributed by atoms with Crippen molar-refractivity contribution in [1.29, 1.82) is 0 Å². The fourth-order valence-corrected chi connectivity index (χ4v) is 1.73. The summed E-state index contributed by atoms with van der Waals surface area (Å²) in [6.07, 6.45) is 3.76. The van der Waals surface area contributed by atoms with E-state index in [0.29, 0.717) is 5.82 Å². The highest BCUT2D eigenvalue weighted by Crippen LogP contribution is 2.13. The van der Waals surface area contributed by atoms with Gasteiger partial charge in [0, 0.05) is 17.3 Å². The Morgan fingerprint density at radius 1 is 1.37 bits per heavy atom. The summed E-state index contributed by atoms with van der Waals surface area (Å²) in [5.41, 5.74) is 0.837. The topological polar surface area (TPSA) is 66.9 Å². The first kappa shape index (κ1) is 15.4. The van der Waals surface area contributed by atoms with Crippen LogP contribution in [0.1, 0.15) is 45.5 Å². The van der Waals surface area contributed by atoms with Crippen LogP contribution in [0.2, 0.25) is 0 Å². The van der Waals surface area contributed by atoms with Gasteiger partial charge in [0.25, 0.3) is 0 Å². The molecule has 1 aromatic heterocycles. The summed E-state index contributed by atoms with van der Waals surface area (Å²) >= 11 is 0. The number of carbonyl (C=O) groups excluding carboxylic acids is 1. The molecule has 1 amide bonds. The van der Waals surface area contributed by atoms with Crippen molar-refractivity contribution < 1.29 is 4.79 Å². The second-order valence-corrected chi connectivity index (χ2v) is 5.69. The molecule has 0 atom stereocenters. The molecule has 19 heavy (non-hydrogen) atoms. The molecule has 2 N–H and O–H groups in total. The normalized spacial score (nSPS) is 11.2. The molecule has 0 radical (unpaired) electrons. The molecule has 0 aliphatic carbocycles. The fraction of sp³-hybridized carbons (Fsp3) is 0.643. The predicted molar refractivity (Wildman–Crippen MR) is 77.1 cm³/mol. The third-order valence-electron chi connectivity index (χ3n) is 2.44. The predicted octanol–water partition coefficient (Wildman–Crippen LogP) is 2.06. The van der Waals surface area contributed by atoms with Gasteiger partial charge in [-0.25, -0.2) is 9.97 Å². The minimum Gasteiger partial charge on any atom is -0.361 e. The second-order valence-electron chi connectivity index (χ2n) is 5.69. The summed E-state index contributed by atoms with van der Waals surface area (Å²) in [6, 6.07) is 0. The average Bonchev–Trinajstić information content (AvgIpc) is 2.27. The number of anilines is 1. The first-order valence-electron chi connectivity index (χ1n) is 6.69. The maximum atomic E-state index is 11.8. The Balaban J connectivity index is 2.66. The number of carbonyl (C=O) groups is 1. The monoisotopic (exact) mass is 264 g/mol. The van der Waals surface area contributed by atoms with E-state index in [1.54, 1.807) is 0 Å². The summed E-state index contributed by atoms with van der Waals surface area (Å²) in [7, 11) is 0. The molecule has 106 valence electrons. The van der Waals surface area contributed by atoms with Gasteiger partial charge in [-0.2, -0.15) is 0 Å². The Morgan fingerprint density at radius 3 is 2.63 bits per heavy atom. The Labute approximate surface area is 115 Å². The van der Waals surface area contributed by atoms with E-state index in [1.165, 1.54) is 0 Å². The first-order chi connectivity index (χ1) is 8.81. The molecule has 0 fully saturated rings. The zero-order chi connectivity index (χ0) is 14.5. The van der Waals surface area contributed by atoms with Gasteiger partial charge in [-0.1, -0.05) is 13.3 Å². The Hall–Kier alpha value is -1.65. The van der Waals surface area contributed by atoms with Gasteiger partial charge in [-0.3, -0.25) is 4.79 Å². The maximum absolute atomic E-state index is 11.8. The molecule has 1 rings (SSSR count). The molecule has 5 nitrogen and oxygen atoms in total. The number of hydrogen-bond acceptors (Lipinski definition) is 4. The quantitative estimate of drug-likeness (QED) is 0.854. The van der Waals surface area contributed by atoms with Crippen LogP contribution >= 0.6 is 0 Å². The van der Waals surface area contributed by atoms with Crippen LogP contribution in [0.25, 0.3) is 0 Å². The molecule has 0 saturated carbocycles. The standard InChI is InChI=1S/C14H24N4O/c1-6-7-11-8-15-10(2)17-13(11)16-9-12(19)18-14(3,4)5/h8H,6-7,9H2,1-5H3,(H,18,19)(H,15,16,17). The third kappa shape index (κ3) is 5.68. The van der Waals surface area contributed by atoms with Crippen molar-refractivity contribution in [1.82, 2.24) is 15.3 Å². The summed E-state index contributed by atoms with van der Waals surface area (Å²) in [4.78, 5) is 20.3. The van der Waals surface area contributed by atoms with Crippen LogP contribution in [0.3, 0.4) is 0 Å². The summed E-state index contributed by atoms with van der Waals surface area (Å²) < 4.78 is 0.